The maximum absolute atomic E-state index is 12.7. The van der Waals surface area contributed by atoms with Crippen LogP contribution in [0, 0.1) is 13.8 Å². The second-order valence-electron chi connectivity index (χ2n) is 8.91. The molecule has 0 spiro atoms. The second kappa shape index (κ2) is 10.6. The first kappa shape index (κ1) is 26.0. The van der Waals surface area contributed by atoms with Crippen molar-refractivity contribution in [3.63, 3.8) is 0 Å². The number of phenolic OH excluding ortho intramolecular Hbond substituents is 2. The molecule has 2 heterocycles. The molecule has 0 bridgehead atoms. The van der Waals surface area contributed by atoms with Crippen molar-refractivity contribution >= 4 is 37.9 Å². The molecule has 0 radical (unpaired) electrons. The van der Waals surface area contributed by atoms with Crippen molar-refractivity contribution in [3.8, 4) is 33.8 Å². The van der Waals surface area contributed by atoms with Crippen molar-refractivity contribution < 1.29 is 19.0 Å². The number of rotatable bonds is 2. The van der Waals surface area contributed by atoms with Crippen LogP contribution in [0.5, 0.6) is 11.5 Å². The Labute approximate surface area is 231 Å². The summed E-state index contributed by atoms with van der Waals surface area (Å²) < 4.78 is 11.8. The van der Waals surface area contributed by atoms with E-state index in [9.17, 15) is 19.8 Å². The molecule has 7 heteroatoms. The Kier molecular flexibility index (Phi) is 7.09. The zero-order chi connectivity index (χ0) is 27.7. The number of halogens is 1. The molecule has 0 aliphatic carbocycles. The van der Waals surface area contributed by atoms with E-state index in [2.05, 4.69) is 15.9 Å². The van der Waals surface area contributed by atoms with Gasteiger partial charge in [0.15, 0.2) is 5.58 Å². The fourth-order valence-electron chi connectivity index (χ4n) is 4.49. The van der Waals surface area contributed by atoms with Crippen LogP contribution in [-0.4, -0.2) is 10.2 Å². The van der Waals surface area contributed by atoms with Crippen molar-refractivity contribution in [2.75, 3.05) is 0 Å². The van der Waals surface area contributed by atoms with Gasteiger partial charge < -0.3 is 19.0 Å². The first-order valence-electron chi connectivity index (χ1n) is 12.1. The Bertz CT molecular complexity index is 1940. The Morgan fingerprint density at radius 3 is 1.74 bits per heavy atom. The minimum atomic E-state index is -0.101. The molecule has 0 aliphatic heterocycles. The van der Waals surface area contributed by atoms with Gasteiger partial charge in [0, 0.05) is 6.07 Å². The third kappa shape index (κ3) is 4.96. The average molecular weight is 583 g/mol. The van der Waals surface area contributed by atoms with Gasteiger partial charge in [0.05, 0.1) is 21.9 Å². The van der Waals surface area contributed by atoms with Crippen molar-refractivity contribution in [3.05, 3.63) is 127 Å². The molecule has 0 fully saturated rings. The van der Waals surface area contributed by atoms with E-state index in [1.807, 2.05) is 60.7 Å². The molecule has 39 heavy (non-hydrogen) atoms. The summed E-state index contributed by atoms with van der Waals surface area (Å²) in [5, 5.41) is 20.0. The quantitative estimate of drug-likeness (QED) is 0.217. The standard InChI is InChI=1S/C16H11BrO3.C16H12O3/c1-9-13(10-5-3-2-4-6-10)15(19)11-7-8-12(18)14(17)16(11)20-9;1-10-15(11-5-3-2-4-6-11)16(18)13-8-7-12(17)9-14(13)19-10/h2-8,18H,1H3;2-9,17H,1H3. The van der Waals surface area contributed by atoms with Crippen LogP contribution >= 0.6 is 15.9 Å². The van der Waals surface area contributed by atoms with Gasteiger partial charge in [-0.2, -0.15) is 0 Å². The fraction of sp³-hybridized carbons (Fsp3) is 0.0625. The lowest BCUT2D eigenvalue weighted by atomic mass is 10.0. The van der Waals surface area contributed by atoms with Crippen LogP contribution < -0.4 is 10.9 Å². The molecule has 0 saturated heterocycles. The van der Waals surface area contributed by atoms with Crippen molar-refractivity contribution in [1.82, 2.24) is 0 Å². The molecule has 0 unspecified atom stereocenters. The summed E-state index contributed by atoms with van der Waals surface area (Å²) in [7, 11) is 0. The molecule has 6 aromatic rings. The monoisotopic (exact) mass is 582 g/mol. The number of hydrogen-bond acceptors (Lipinski definition) is 6. The smallest absolute Gasteiger partial charge is 0.200 e. The Morgan fingerprint density at radius 1 is 0.641 bits per heavy atom. The largest absolute Gasteiger partial charge is 0.508 e. The average Bonchev–Trinajstić information content (AvgIpc) is 2.92. The van der Waals surface area contributed by atoms with E-state index in [0.717, 1.165) is 11.1 Å². The van der Waals surface area contributed by atoms with E-state index >= 15 is 0 Å². The summed E-state index contributed by atoms with van der Waals surface area (Å²) in [5.74, 6) is 1.21. The lowest BCUT2D eigenvalue weighted by Crippen LogP contribution is -2.07. The number of fused-ring (bicyclic) bond motifs is 2. The number of phenols is 2. The molecule has 2 N–H and O–H groups in total. The molecular weight excluding hydrogens is 560 g/mol. The number of hydrogen-bond donors (Lipinski definition) is 2. The van der Waals surface area contributed by atoms with Crippen LogP contribution in [0.2, 0.25) is 0 Å². The molecule has 2 aromatic heterocycles. The van der Waals surface area contributed by atoms with E-state index in [4.69, 9.17) is 8.83 Å². The minimum Gasteiger partial charge on any atom is -0.508 e. The summed E-state index contributed by atoms with van der Waals surface area (Å²) in [4.78, 5) is 25.2. The summed E-state index contributed by atoms with van der Waals surface area (Å²) >= 11 is 3.25. The van der Waals surface area contributed by atoms with Crippen LogP contribution in [-0.2, 0) is 0 Å². The lowest BCUT2D eigenvalue weighted by molar-refractivity contribution is 0.469. The SMILES string of the molecule is Cc1oc2c(Br)c(O)ccc2c(=O)c1-c1ccccc1.Cc1oc2cc(O)ccc2c(=O)c1-c1ccccc1. The van der Waals surface area contributed by atoms with Crippen LogP contribution in [0.25, 0.3) is 44.2 Å². The molecular formula is C32H23BrO6. The first-order chi connectivity index (χ1) is 18.8. The highest BCUT2D eigenvalue weighted by atomic mass is 79.9. The summed E-state index contributed by atoms with van der Waals surface area (Å²) in [6.07, 6.45) is 0. The second-order valence-corrected chi connectivity index (χ2v) is 9.71. The van der Waals surface area contributed by atoms with Gasteiger partial charge in [0.25, 0.3) is 0 Å². The zero-order valence-electron chi connectivity index (χ0n) is 21.1. The Balaban J connectivity index is 0.000000158. The van der Waals surface area contributed by atoms with Crippen LogP contribution in [0.1, 0.15) is 11.5 Å². The van der Waals surface area contributed by atoms with Gasteiger partial charge >= 0.3 is 0 Å². The third-order valence-corrected chi connectivity index (χ3v) is 7.10. The third-order valence-electron chi connectivity index (χ3n) is 6.33. The van der Waals surface area contributed by atoms with E-state index in [1.165, 1.54) is 18.2 Å². The summed E-state index contributed by atoms with van der Waals surface area (Å²) in [6.45, 7) is 3.51. The molecule has 194 valence electrons. The van der Waals surface area contributed by atoms with Gasteiger partial charge in [0.2, 0.25) is 10.9 Å². The molecule has 0 saturated carbocycles. The van der Waals surface area contributed by atoms with Gasteiger partial charge in [-0.15, -0.1) is 0 Å². The Morgan fingerprint density at radius 2 is 1.15 bits per heavy atom. The molecule has 0 aliphatic rings. The number of benzene rings is 4. The minimum absolute atomic E-state index is 0.0486. The number of aromatic hydroxyl groups is 2. The summed E-state index contributed by atoms with van der Waals surface area (Å²) in [5.41, 5.74) is 3.37. The Hall–Kier alpha value is -4.62. The topological polar surface area (TPSA) is 101 Å². The van der Waals surface area contributed by atoms with Crippen molar-refractivity contribution in [1.29, 1.82) is 0 Å². The van der Waals surface area contributed by atoms with Gasteiger partial charge in [-0.3, -0.25) is 9.59 Å². The summed E-state index contributed by atoms with van der Waals surface area (Å²) in [6, 6.07) is 26.4. The molecule has 6 nitrogen and oxygen atoms in total. The maximum Gasteiger partial charge on any atom is 0.200 e. The van der Waals surface area contributed by atoms with E-state index < -0.39 is 0 Å². The highest BCUT2D eigenvalue weighted by molar-refractivity contribution is 9.10. The molecule has 6 rings (SSSR count). The predicted molar refractivity (Wildman–Crippen MR) is 156 cm³/mol. The van der Waals surface area contributed by atoms with E-state index in [-0.39, 0.29) is 22.4 Å². The van der Waals surface area contributed by atoms with Crippen LogP contribution in [0.3, 0.4) is 0 Å². The van der Waals surface area contributed by atoms with Crippen molar-refractivity contribution in [2.24, 2.45) is 0 Å². The lowest BCUT2D eigenvalue weighted by Gasteiger charge is -2.08. The number of aryl methyl sites for hydroxylation is 2. The van der Waals surface area contributed by atoms with E-state index in [1.54, 1.807) is 26.0 Å². The molecule has 0 amide bonds. The van der Waals surface area contributed by atoms with Crippen LogP contribution in [0.15, 0.2) is 114 Å². The van der Waals surface area contributed by atoms with Crippen LogP contribution in [0.4, 0.5) is 0 Å². The predicted octanol–water partition coefficient (Wildman–Crippen LogP) is 7.71. The van der Waals surface area contributed by atoms with E-state index in [0.29, 0.717) is 49.1 Å². The van der Waals surface area contributed by atoms with Gasteiger partial charge in [0.1, 0.15) is 33.1 Å². The van der Waals surface area contributed by atoms with Gasteiger partial charge in [-0.05, 0) is 65.2 Å². The highest BCUT2D eigenvalue weighted by Crippen LogP contribution is 2.33. The zero-order valence-corrected chi connectivity index (χ0v) is 22.7. The molecule has 4 aromatic carbocycles. The fourth-order valence-corrected chi connectivity index (χ4v) is 4.92. The molecule has 0 atom stereocenters. The highest BCUT2D eigenvalue weighted by Gasteiger charge is 2.16. The maximum atomic E-state index is 12.7. The van der Waals surface area contributed by atoms with Gasteiger partial charge in [-0.1, -0.05) is 60.7 Å². The first-order valence-corrected chi connectivity index (χ1v) is 12.9. The normalized spacial score (nSPS) is 10.8. The van der Waals surface area contributed by atoms with Crippen molar-refractivity contribution in [2.45, 2.75) is 13.8 Å². The van der Waals surface area contributed by atoms with Gasteiger partial charge in [-0.25, -0.2) is 0 Å².